The third-order valence-corrected chi connectivity index (χ3v) is 3.57. The zero-order valence-corrected chi connectivity index (χ0v) is 8.70. The maximum atomic E-state index is 10.8. The molecule has 0 bridgehead atoms. The minimum Gasteiger partial charge on any atom is -0.284 e. The first kappa shape index (κ1) is 11.2. The van der Waals surface area contributed by atoms with Crippen LogP contribution in [0.1, 0.15) is 6.92 Å². The van der Waals surface area contributed by atoms with Gasteiger partial charge >= 0.3 is 9.15 Å². The zero-order chi connectivity index (χ0) is 9.07. The molecule has 0 N–H and O–H groups in total. The van der Waals surface area contributed by atoms with Crippen molar-refractivity contribution in [3.05, 3.63) is 0 Å². The van der Waals surface area contributed by atoms with E-state index in [0.29, 0.717) is 10.8 Å². The molecule has 0 aliphatic rings. The van der Waals surface area contributed by atoms with E-state index < -0.39 is 15.4 Å². The molecular formula is C5H13NO3S2. The lowest BCUT2D eigenvalue weighted by Crippen LogP contribution is -2.28. The highest BCUT2D eigenvalue weighted by atomic mass is 33.1. The maximum absolute atomic E-state index is 10.8. The average Bonchev–Trinajstić information content (AvgIpc) is 1.87. The highest BCUT2D eigenvalue weighted by molar-refractivity contribution is 8.70. The summed E-state index contributed by atoms with van der Waals surface area (Å²) in [6, 6.07) is 0. The molecule has 0 aromatic heterocycles. The minimum atomic E-state index is -3.39. The first-order valence-electron chi connectivity index (χ1n) is 3.04. The second-order valence-electron chi connectivity index (χ2n) is 2.23. The van der Waals surface area contributed by atoms with Crippen LogP contribution in [0.4, 0.5) is 0 Å². The van der Waals surface area contributed by atoms with Gasteiger partial charge < -0.3 is 0 Å². The normalized spacial score (nSPS) is 15.4. The smallest absolute Gasteiger partial charge is 0.284 e. The Hall–Kier alpha value is 0.220. The second kappa shape index (κ2) is 4.30. The lowest BCUT2D eigenvalue weighted by molar-refractivity contribution is 0.0920. The van der Waals surface area contributed by atoms with Crippen molar-refractivity contribution >= 4 is 19.9 Å². The first-order chi connectivity index (χ1) is 4.89. The molecule has 0 saturated heterocycles. The fraction of sp³-hybridized carbons (Fsp3) is 1.00. The molecule has 11 heavy (non-hydrogen) atoms. The molecule has 0 spiro atoms. The van der Waals surface area contributed by atoms with Crippen LogP contribution in [0.3, 0.4) is 0 Å². The van der Waals surface area contributed by atoms with Crippen molar-refractivity contribution in [3.8, 4) is 0 Å². The highest BCUT2D eigenvalue weighted by Crippen LogP contribution is 2.12. The molecule has 0 aromatic carbocycles. The molecule has 0 unspecified atom stereocenters. The molecule has 0 fully saturated rings. The largest absolute Gasteiger partial charge is 0.323 e. The zero-order valence-electron chi connectivity index (χ0n) is 7.07. The fourth-order valence-corrected chi connectivity index (χ4v) is 1.46. The van der Waals surface area contributed by atoms with Crippen LogP contribution >= 0.6 is 10.8 Å². The van der Waals surface area contributed by atoms with Crippen molar-refractivity contribution < 1.29 is 12.6 Å². The predicted molar refractivity (Wildman–Crippen MR) is 46.7 cm³/mol. The molecule has 0 rings (SSSR count). The summed E-state index contributed by atoms with van der Waals surface area (Å²) < 4.78 is 26.4. The van der Waals surface area contributed by atoms with Gasteiger partial charge in [0.25, 0.3) is 0 Å². The van der Waals surface area contributed by atoms with E-state index in [1.807, 2.05) is 0 Å². The van der Waals surface area contributed by atoms with Crippen LogP contribution in [0, 0.1) is 0 Å². The van der Waals surface area contributed by atoms with E-state index in [-0.39, 0.29) is 0 Å². The monoisotopic (exact) mass is 199 g/mol. The summed E-state index contributed by atoms with van der Waals surface area (Å²) in [5, 5.41) is 0. The van der Waals surface area contributed by atoms with Crippen molar-refractivity contribution in [2.45, 2.75) is 13.2 Å². The van der Waals surface area contributed by atoms with Gasteiger partial charge in [-0.05, 0) is 38.1 Å². The summed E-state index contributed by atoms with van der Waals surface area (Å²) in [6.07, 6.45) is 1.06. The van der Waals surface area contributed by atoms with Crippen molar-refractivity contribution in [2.24, 2.45) is 0 Å². The molecule has 0 aliphatic heterocycles. The van der Waals surface area contributed by atoms with Gasteiger partial charge in [0.05, 0.1) is 0 Å². The molecular weight excluding hydrogens is 186 g/mol. The number of rotatable bonds is 4. The Morgan fingerprint density at radius 1 is 1.45 bits per heavy atom. The van der Waals surface area contributed by atoms with Gasteiger partial charge in [-0.15, -0.1) is 0 Å². The summed E-state index contributed by atoms with van der Waals surface area (Å²) in [5.74, 6) is 0. The van der Waals surface area contributed by atoms with Crippen LogP contribution in [0.5, 0.6) is 0 Å². The Labute approximate surface area is 71.4 Å². The SMILES string of the molecule is CSS(=O)(=O)O[C@@H](C)N(C)C. The number of hydrogen-bond acceptors (Lipinski definition) is 5. The molecule has 0 aliphatic carbocycles. The minimum absolute atomic E-state index is 0.410. The molecule has 0 amide bonds. The maximum Gasteiger partial charge on any atom is 0.323 e. The third-order valence-electron chi connectivity index (χ3n) is 1.19. The standard InChI is InChI=1S/C5H13NO3S2/c1-5(6(2)3)9-11(7,8)10-4/h5H,1-4H3/t5-/m0/s1. The molecule has 68 valence electrons. The Kier molecular flexibility index (Phi) is 4.38. The van der Waals surface area contributed by atoms with E-state index in [0.717, 1.165) is 0 Å². The Morgan fingerprint density at radius 2 is 1.91 bits per heavy atom. The summed E-state index contributed by atoms with van der Waals surface area (Å²) in [4.78, 5) is 1.67. The quantitative estimate of drug-likeness (QED) is 0.488. The van der Waals surface area contributed by atoms with Crippen LogP contribution in [-0.4, -0.2) is 39.9 Å². The van der Waals surface area contributed by atoms with Gasteiger partial charge in [0.1, 0.15) is 6.23 Å². The van der Waals surface area contributed by atoms with Crippen molar-refractivity contribution in [2.75, 3.05) is 20.4 Å². The van der Waals surface area contributed by atoms with Gasteiger partial charge in [-0.2, -0.15) is 8.42 Å². The number of hydrogen-bond donors (Lipinski definition) is 0. The van der Waals surface area contributed by atoms with E-state index in [1.54, 1.807) is 25.9 Å². The van der Waals surface area contributed by atoms with E-state index in [9.17, 15) is 8.42 Å². The molecule has 0 radical (unpaired) electrons. The summed E-state index contributed by atoms with van der Waals surface area (Å²) in [6.45, 7) is 1.67. The third kappa shape index (κ3) is 4.62. The summed E-state index contributed by atoms with van der Waals surface area (Å²) in [7, 11) is 0.808. The molecule has 1 atom stereocenters. The summed E-state index contributed by atoms with van der Waals surface area (Å²) in [5.41, 5.74) is 0. The lowest BCUT2D eigenvalue weighted by atomic mass is 10.6. The topological polar surface area (TPSA) is 46.6 Å². The molecule has 0 aromatic rings. The fourth-order valence-electron chi connectivity index (χ4n) is 0.296. The van der Waals surface area contributed by atoms with Crippen molar-refractivity contribution in [1.82, 2.24) is 4.90 Å². The van der Waals surface area contributed by atoms with Gasteiger partial charge in [0, 0.05) is 0 Å². The summed E-state index contributed by atoms with van der Waals surface area (Å²) >= 11 is 0. The lowest BCUT2D eigenvalue weighted by Gasteiger charge is -2.18. The second-order valence-corrected chi connectivity index (χ2v) is 5.80. The van der Waals surface area contributed by atoms with Crippen molar-refractivity contribution in [3.63, 3.8) is 0 Å². The van der Waals surface area contributed by atoms with Crippen LogP contribution in [0.15, 0.2) is 0 Å². The van der Waals surface area contributed by atoms with Gasteiger partial charge in [-0.3, -0.25) is 4.90 Å². The van der Waals surface area contributed by atoms with Gasteiger partial charge in [-0.25, -0.2) is 4.18 Å². The first-order valence-corrected chi connectivity index (χ1v) is 6.19. The van der Waals surface area contributed by atoms with E-state index in [1.165, 1.54) is 6.26 Å². The van der Waals surface area contributed by atoms with E-state index in [2.05, 4.69) is 0 Å². The molecule has 4 nitrogen and oxygen atoms in total. The van der Waals surface area contributed by atoms with Gasteiger partial charge in [0.15, 0.2) is 0 Å². The van der Waals surface area contributed by atoms with Crippen molar-refractivity contribution in [1.29, 1.82) is 0 Å². The molecule has 0 saturated carbocycles. The average molecular weight is 199 g/mol. The predicted octanol–water partition coefficient (Wildman–Crippen LogP) is 0.518. The Bertz CT molecular complexity index is 200. The Balaban J connectivity index is 4.05. The molecule has 6 heteroatoms. The van der Waals surface area contributed by atoms with E-state index >= 15 is 0 Å². The number of nitrogens with zero attached hydrogens (tertiary/aromatic N) is 1. The van der Waals surface area contributed by atoms with Crippen LogP contribution in [0.25, 0.3) is 0 Å². The van der Waals surface area contributed by atoms with Crippen LogP contribution in [-0.2, 0) is 13.3 Å². The Morgan fingerprint density at radius 3 is 2.18 bits per heavy atom. The van der Waals surface area contributed by atoms with Gasteiger partial charge in [-0.1, -0.05) is 0 Å². The van der Waals surface area contributed by atoms with E-state index in [4.69, 9.17) is 4.18 Å². The van der Waals surface area contributed by atoms with Crippen LogP contribution in [0.2, 0.25) is 0 Å². The van der Waals surface area contributed by atoms with Gasteiger partial charge in [0.2, 0.25) is 0 Å². The van der Waals surface area contributed by atoms with Crippen LogP contribution < -0.4 is 0 Å². The molecule has 0 heterocycles. The highest BCUT2D eigenvalue weighted by Gasteiger charge is 2.15.